The van der Waals surface area contributed by atoms with Gasteiger partial charge in [-0.1, -0.05) is 31.5 Å². The molecule has 1 unspecified atom stereocenters. The molecule has 1 atom stereocenters. The third-order valence-electron chi connectivity index (χ3n) is 4.37. The summed E-state index contributed by atoms with van der Waals surface area (Å²) < 4.78 is 5.50. The van der Waals surface area contributed by atoms with Crippen molar-refractivity contribution in [3.05, 3.63) is 41.3 Å². The summed E-state index contributed by atoms with van der Waals surface area (Å²) in [4.78, 5) is 8.90. The van der Waals surface area contributed by atoms with Crippen molar-refractivity contribution < 1.29 is 4.52 Å². The topological polar surface area (TPSA) is 51.8 Å². The quantitative estimate of drug-likeness (QED) is 0.855. The van der Waals surface area contributed by atoms with Gasteiger partial charge >= 0.3 is 0 Å². The van der Waals surface area contributed by atoms with Gasteiger partial charge in [0, 0.05) is 24.2 Å². The van der Waals surface area contributed by atoms with Crippen LogP contribution in [-0.2, 0) is 6.42 Å². The Labute approximate surface area is 119 Å². The van der Waals surface area contributed by atoms with E-state index in [9.17, 15) is 0 Å². The van der Waals surface area contributed by atoms with E-state index in [4.69, 9.17) is 4.52 Å². The van der Waals surface area contributed by atoms with Gasteiger partial charge in [0.2, 0.25) is 5.89 Å². The lowest BCUT2D eigenvalue weighted by Gasteiger charge is -2.23. The molecule has 0 aliphatic heterocycles. The van der Waals surface area contributed by atoms with Crippen LogP contribution in [0.5, 0.6) is 0 Å². The van der Waals surface area contributed by atoms with E-state index in [-0.39, 0.29) is 5.41 Å². The SMILES string of the molecule is Cc1ccc(Cc2noc(C3CCCC3(C)C)n2)cn1. The summed E-state index contributed by atoms with van der Waals surface area (Å²) in [6.07, 6.45) is 6.20. The van der Waals surface area contributed by atoms with Gasteiger partial charge in [-0.2, -0.15) is 4.98 Å². The van der Waals surface area contributed by atoms with Crippen LogP contribution in [0, 0.1) is 12.3 Å². The third kappa shape index (κ3) is 2.60. The number of aryl methyl sites for hydroxylation is 1. The highest BCUT2D eigenvalue weighted by Gasteiger charge is 2.39. The molecule has 2 heterocycles. The molecule has 4 heteroatoms. The zero-order valence-electron chi connectivity index (χ0n) is 12.4. The van der Waals surface area contributed by atoms with E-state index in [1.54, 1.807) is 0 Å². The van der Waals surface area contributed by atoms with E-state index < -0.39 is 0 Å². The normalized spacial score (nSPS) is 21.2. The minimum Gasteiger partial charge on any atom is -0.339 e. The number of nitrogens with zero attached hydrogens (tertiary/aromatic N) is 3. The first kappa shape index (κ1) is 13.3. The van der Waals surface area contributed by atoms with Crippen molar-refractivity contribution >= 4 is 0 Å². The lowest BCUT2D eigenvalue weighted by Crippen LogP contribution is -2.15. The molecule has 1 aliphatic rings. The van der Waals surface area contributed by atoms with Gasteiger partial charge in [-0.15, -0.1) is 0 Å². The van der Waals surface area contributed by atoms with E-state index in [0.29, 0.717) is 12.3 Å². The Bertz CT molecular complexity index is 586. The molecular weight excluding hydrogens is 250 g/mol. The molecule has 0 N–H and O–H groups in total. The van der Waals surface area contributed by atoms with Crippen LogP contribution >= 0.6 is 0 Å². The minimum absolute atomic E-state index is 0.273. The standard InChI is InChI=1S/C16H21N3O/c1-11-6-7-12(10-17-11)9-14-18-15(20-19-14)13-5-4-8-16(13,2)3/h6-7,10,13H,4-5,8-9H2,1-3H3. The number of hydrogen-bond donors (Lipinski definition) is 0. The average Bonchev–Trinajstić information content (AvgIpc) is 2.98. The molecule has 1 fully saturated rings. The first-order valence-corrected chi connectivity index (χ1v) is 7.28. The molecule has 0 radical (unpaired) electrons. The Morgan fingerprint density at radius 3 is 2.85 bits per heavy atom. The molecule has 0 spiro atoms. The second-order valence-corrected chi connectivity index (χ2v) is 6.47. The maximum atomic E-state index is 5.50. The fourth-order valence-corrected chi connectivity index (χ4v) is 3.05. The predicted octanol–water partition coefficient (Wildman–Crippen LogP) is 3.66. The van der Waals surface area contributed by atoms with Crippen molar-refractivity contribution in [2.45, 2.75) is 52.4 Å². The number of rotatable bonds is 3. The third-order valence-corrected chi connectivity index (χ3v) is 4.37. The molecule has 20 heavy (non-hydrogen) atoms. The summed E-state index contributed by atoms with van der Waals surface area (Å²) in [5, 5.41) is 4.13. The fourth-order valence-electron chi connectivity index (χ4n) is 3.05. The first-order chi connectivity index (χ1) is 9.54. The summed E-state index contributed by atoms with van der Waals surface area (Å²) >= 11 is 0. The Balaban J connectivity index is 1.75. The fraction of sp³-hybridized carbons (Fsp3) is 0.562. The summed E-state index contributed by atoms with van der Waals surface area (Å²) in [6.45, 7) is 6.56. The van der Waals surface area contributed by atoms with Crippen LogP contribution in [0.1, 0.15) is 62.0 Å². The Hall–Kier alpha value is -1.71. The molecule has 3 rings (SSSR count). The predicted molar refractivity (Wildman–Crippen MR) is 76.5 cm³/mol. The van der Waals surface area contributed by atoms with Gasteiger partial charge in [0.25, 0.3) is 0 Å². The highest BCUT2D eigenvalue weighted by molar-refractivity contribution is 5.17. The smallest absolute Gasteiger partial charge is 0.230 e. The number of hydrogen-bond acceptors (Lipinski definition) is 4. The largest absolute Gasteiger partial charge is 0.339 e. The summed E-state index contributed by atoms with van der Waals surface area (Å²) in [6, 6.07) is 4.08. The van der Waals surface area contributed by atoms with Gasteiger partial charge in [0.15, 0.2) is 5.82 Å². The molecule has 4 nitrogen and oxygen atoms in total. The summed E-state index contributed by atoms with van der Waals surface area (Å²) in [5.74, 6) is 1.97. The first-order valence-electron chi connectivity index (χ1n) is 7.28. The van der Waals surface area contributed by atoms with E-state index in [0.717, 1.165) is 29.4 Å². The average molecular weight is 271 g/mol. The van der Waals surface area contributed by atoms with Crippen LogP contribution in [0.4, 0.5) is 0 Å². The number of aromatic nitrogens is 3. The molecule has 106 valence electrons. The Morgan fingerprint density at radius 2 is 2.20 bits per heavy atom. The van der Waals surface area contributed by atoms with Crippen LogP contribution in [-0.4, -0.2) is 15.1 Å². The van der Waals surface area contributed by atoms with E-state index in [1.165, 1.54) is 12.8 Å². The summed E-state index contributed by atoms with van der Waals surface area (Å²) in [5.41, 5.74) is 2.42. The lowest BCUT2D eigenvalue weighted by atomic mass is 9.82. The van der Waals surface area contributed by atoms with Crippen molar-refractivity contribution in [3.63, 3.8) is 0 Å². The zero-order valence-corrected chi connectivity index (χ0v) is 12.4. The van der Waals surface area contributed by atoms with Crippen molar-refractivity contribution in [2.75, 3.05) is 0 Å². The second-order valence-electron chi connectivity index (χ2n) is 6.47. The highest BCUT2D eigenvalue weighted by atomic mass is 16.5. The Kier molecular flexibility index (Phi) is 3.32. The monoisotopic (exact) mass is 271 g/mol. The molecule has 0 aromatic carbocycles. The number of pyridine rings is 1. The molecule has 2 aromatic rings. The van der Waals surface area contributed by atoms with Gasteiger partial charge in [0.05, 0.1) is 0 Å². The molecule has 2 aromatic heterocycles. The van der Waals surface area contributed by atoms with Crippen molar-refractivity contribution in [1.82, 2.24) is 15.1 Å². The second kappa shape index (κ2) is 5.00. The van der Waals surface area contributed by atoms with Crippen LogP contribution in [0.25, 0.3) is 0 Å². The summed E-state index contributed by atoms with van der Waals surface area (Å²) in [7, 11) is 0. The van der Waals surface area contributed by atoms with Gasteiger partial charge in [-0.05, 0) is 36.8 Å². The van der Waals surface area contributed by atoms with Gasteiger partial charge in [-0.3, -0.25) is 4.98 Å². The molecule has 1 saturated carbocycles. The molecule has 0 bridgehead atoms. The van der Waals surface area contributed by atoms with Crippen LogP contribution in [0.3, 0.4) is 0 Å². The van der Waals surface area contributed by atoms with Gasteiger partial charge < -0.3 is 4.52 Å². The minimum atomic E-state index is 0.273. The van der Waals surface area contributed by atoms with Crippen LogP contribution < -0.4 is 0 Å². The van der Waals surface area contributed by atoms with E-state index >= 15 is 0 Å². The lowest BCUT2D eigenvalue weighted by molar-refractivity contribution is 0.260. The molecule has 1 aliphatic carbocycles. The van der Waals surface area contributed by atoms with Gasteiger partial charge in [0.1, 0.15) is 0 Å². The van der Waals surface area contributed by atoms with E-state index in [1.807, 2.05) is 19.2 Å². The van der Waals surface area contributed by atoms with Crippen molar-refractivity contribution in [1.29, 1.82) is 0 Å². The van der Waals surface area contributed by atoms with Crippen molar-refractivity contribution in [3.8, 4) is 0 Å². The molecular formula is C16H21N3O. The van der Waals surface area contributed by atoms with E-state index in [2.05, 4.69) is 35.0 Å². The maximum absolute atomic E-state index is 5.50. The zero-order chi connectivity index (χ0) is 14.2. The van der Waals surface area contributed by atoms with Crippen molar-refractivity contribution in [2.24, 2.45) is 5.41 Å². The highest BCUT2D eigenvalue weighted by Crippen LogP contribution is 2.48. The van der Waals surface area contributed by atoms with Crippen LogP contribution in [0.2, 0.25) is 0 Å². The maximum Gasteiger partial charge on any atom is 0.230 e. The van der Waals surface area contributed by atoms with Gasteiger partial charge in [-0.25, -0.2) is 0 Å². The molecule has 0 amide bonds. The Morgan fingerprint density at radius 1 is 1.35 bits per heavy atom. The molecule has 0 saturated heterocycles. The van der Waals surface area contributed by atoms with Crippen LogP contribution in [0.15, 0.2) is 22.9 Å².